The van der Waals surface area contributed by atoms with E-state index in [2.05, 4.69) is 65.4 Å². The van der Waals surface area contributed by atoms with Crippen molar-refractivity contribution in [2.24, 2.45) is 0 Å². The molecule has 2 rings (SSSR count). The fourth-order valence-corrected chi connectivity index (χ4v) is 2.41. The number of rotatable bonds is 6. The largest absolute Gasteiger partial charge is 0.381 e. The van der Waals surface area contributed by atoms with E-state index >= 15 is 0 Å². The van der Waals surface area contributed by atoms with Crippen LogP contribution in [0.25, 0.3) is 0 Å². The molecule has 2 aromatic rings. The standard InChI is InChI=1S/C15H20N2S/c1-17(2)9-7-13-3-5-15(6-4-13)16-11-14-8-10-18-12-14/h3-6,8,10,12,16H,7,9,11H2,1-2H3. The van der Waals surface area contributed by atoms with E-state index in [9.17, 15) is 0 Å². The third-order valence-electron chi connectivity index (χ3n) is 2.88. The topological polar surface area (TPSA) is 15.3 Å². The van der Waals surface area contributed by atoms with Crippen LogP contribution in [0.5, 0.6) is 0 Å². The van der Waals surface area contributed by atoms with Crippen LogP contribution in [-0.2, 0) is 13.0 Å². The van der Waals surface area contributed by atoms with E-state index in [1.54, 1.807) is 11.3 Å². The minimum Gasteiger partial charge on any atom is -0.381 e. The van der Waals surface area contributed by atoms with Crippen molar-refractivity contribution >= 4 is 17.0 Å². The molecular formula is C15H20N2S. The van der Waals surface area contributed by atoms with Gasteiger partial charge in [-0.3, -0.25) is 0 Å². The second-order valence-electron chi connectivity index (χ2n) is 4.74. The van der Waals surface area contributed by atoms with Crippen LogP contribution in [0.3, 0.4) is 0 Å². The average molecular weight is 260 g/mol. The van der Waals surface area contributed by atoms with Crippen molar-refractivity contribution in [2.45, 2.75) is 13.0 Å². The average Bonchev–Trinajstić information content (AvgIpc) is 2.88. The number of hydrogen-bond acceptors (Lipinski definition) is 3. The lowest BCUT2D eigenvalue weighted by Gasteiger charge is -2.10. The number of nitrogens with zero attached hydrogens (tertiary/aromatic N) is 1. The van der Waals surface area contributed by atoms with E-state index in [0.717, 1.165) is 19.5 Å². The van der Waals surface area contributed by atoms with E-state index in [0.29, 0.717) is 0 Å². The molecule has 0 amide bonds. The second-order valence-corrected chi connectivity index (χ2v) is 5.52. The van der Waals surface area contributed by atoms with Crippen molar-refractivity contribution in [3.63, 3.8) is 0 Å². The molecular weight excluding hydrogens is 240 g/mol. The molecule has 0 bridgehead atoms. The minimum absolute atomic E-state index is 0.903. The molecule has 0 spiro atoms. The smallest absolute Gasteiger partial charge is 0.0409 e. The third-order valence-corrected chi connectivity index (χ3v) is 3.61. The van der Waals surface area contributed by atoms with Crippen LogP contribution in [0, 0.1) is 0 Å². The Labute approximate surface area is 113 Å². The van der Waals surface area contributed by atoms with Crippen molar-refractivity contribution < 1.29 is 0 Å². The Kier molecular flexibility index (Phi) is 4.79. The summed E-state index contributed by atoms with van der Waals surface area (Å²) in [6.07, 6.45) is 1.11. The van der Waals surface area contributed by atoms with Gasteiger partial charge in [-0.2, -0.15) is 11.3 Å². The van der Waals surface area contributed by atoms with E-state index in [1.165, 1.54) is 16.8 Å². The highest BCUT2D eigenvalue weighted by atomic mass is 32.1. The van der Waals surface area contributed by atoms with Gasteiger partial charge in [0, 0.05) is 18.8 Å². The molecule has 0 saturated heterocycles. The predicted molar refractivity (Wildman–Crippen MR) is 80.3 cm³/mol. The first kappa shape index (κ1) is 13.1. The molecule has 0 fully saturated rings. The van der Waals surface area contributed by atoms with Gasteiger partial charge in [-0.15, -0.1) is 0 Å². The molecule has 0 radical (unpaired) electrons. The van der Waals surface area contributed by atoms with Gasteiger partial charge in [-0.25, -0.2) is 0 Å². The maximum Gasteiger partial charge on any atom is 0.0409 e. The molecule has 2 nitrogen and oxygen atoms in total. The number of anilines is 1. The summed E-state index contributed by atoms with van der Waals surface area (Å²) < 4.78 is 0. The van der Waals surface area contributed by atoms with Gasteiger partial charge in [-0.1, -0.05) is 12.1 Å². The van der Waals surface area contributed by atoms with Crippen LogP contribution < -0.4 is 5.32 Å². The Bertz CT molecular complexity index is 446. The van der Waals surface area contributed by atoms with Gasteiger partial charge < -0.3 is 10.2 Å². The van der Waals surface area contributed by atoms with Gasteiger partial charge in [0.05, 0.1) is 0 Å². The maximum atomic E-state index is 3.44. The summed E-state index contributed by atoms with van der Waals surface area (Å²) in [5, 5.41) is 7.73. The molecule has 0 saturated carbocycles. The van der Waals surface area contributed by atoms with Crippen LogP contribution in [-0.4, -0.2) is 25.5 Å². The fraction of sp³-hybridized carbons (Fsp3) is 0.333. The molecule has 1 aromatic carbocycles. The molecule has 3 heteroatoms. The van der Waals surface area contributed by atoms with Crippen LogP contribution >= 0.6 is 11.3 Å². The Hall–Kier alpha value is -1.32. The van der Waals surface area contributed by atoms with Crippen molar-refractivity contribution in [1.29, 1.82) is 0 Å². The molecule has 96 valence electrons. The summed E-state index contributed by atoms with van der Waals surface area (Å²) in [4.78, 5) is 2.21. The maximum absolute atomic E-state index is 3.44. The molecule has 0 unspecified atom stereocenters. The second kappa shape index (κ2) is 6.57. The number of thiophene rings is 1. The highest BCUT2D eigenvalue weighted by Gasteiger charge is 1.97. The molecule has 0 aliphatic carbocycles. The molecule has 1 aromatic heterocycles. The highest BCUT2D eigenvalue weighted by Crippen LogP contribution is 2.13. The monoisotopic (exact) mass is 260 g/mol. The summed E-state index contributed by atoms with van der Waals surface area (Å²) in [5.74, 6) is 0. The SMILES string of the molecule is CN(C)CCc1ccc(NCc2ccsc2)cc1. The molecule has 1 heterocycles. The summed E-state index contributed by atoms with van der Waals surface area (Å²) in [6.45, 7) is 2.00. The molecule has 0 aliphatic heterocycles. The fourth-order valence-electron chi connectivity index (χ4n) is 1.74. The zero-order valence-electron chi connectivity index (χ0n) is 11.0. The first-order valence-electron chi connectivity index (χ1n) is 6.22. The number of nitrogens with one attached hydrogen (secondary N) is 1. The summed E-state index contributed by atoms with van der Waals surface area (Å²) >= 11 is 1.74. The van der Waals surface area contributed by atoms with Gasteiger partial charge in [-0.05, 0) is 60.6 Å². The predicted octanol–water partition coefficient (Wildman–Crippen LogP) is 3.46. The number of likely N-dealkylation sites (N-methyl/N-ethyl adjacent to an activating group) is 1. The van der Waals surface area contributed by atoms with Crippen molar-refractivity contribution in [3.05, 3.63) is 52.2 Å². The lowest BCUT2D eigenvalue weighted by molar-refractivity contribution is 0.413. The zero-order valence-corrected chi connectivity index (χ0v) is 11.8. The molecule has 0 aliphatic rings. The van der Waals surface area contributed by atoms with Gasteiger partial charge in [0.25, 0.3) is 0 Å². The molecule has 0 atom stereocenters. The van der Waals surface area contributed by atoms with E-state index in [-0.39, 0.29) is 0 Å². The zero-order chi connectivity index (χ0) is 12.8. The highest BCUT2D eigenvalue weighted by molar-refractivity contribution is 7.07. The normalized spacial score (nSPS) is 10.8. The van der Waals surface area contributed by atoms with Gasteiger partial charge in [0.2, 0.25) is 0 Å². The van der Waals surface area contributed by atoms with Crippen LogP contribution in [0.2, 0.25) is 0 Å². The Morgan fingerprint density at radius 3 is 2.44 bits per heavy atom. The Morgan fingerprint density at radius 1 is 1.06 bits per heavy atom. The van der Waals surface area contributed by atoms with E-state index in [1.807, 2.05) is 0 Å². The summed E-state index contributed by atoms with van der Waals surface area (Å²) in [5.41, 5.74) is 3.93. The number of hydrogen-bond donors (Lipinski definition) is 1. The summed E-state index contributed by atoms with van der Waals surface area (Å²) in [7, 11) is 4.22. The van der Waals surface area contributed by atoms with Crippen molar-refractivity contribution in [2.75, 3.05) is 26.0 Å². The van der Waals surface area contributed by atoms with Crippen molar-refractivity contribution in [3.8, 4) is 0 Å². The van der Waals surface area contributed by atoms with Crippen LogP contribution in [0.1, 0.15) is 11.1 Å². The van der Waals surface area contributed by atoms with Crippen molar-refractivity contribution in [1.82, 2.24) is 4.90 Å². The van der Waals surface area contributed by atoms with Gasteiger partial charge in [0.15, 0.2) is 0 Å². The minimum atomic E-state index is 0.903. The van der Waals surface area contributed by atoms with E-state index in [4.69, 9.17) is 0 Å². The Balaban J connectivity index is 1.83. The Morgan fingerprint density at radius 2 is 1.83 bits per heavy atom. The lowest BCUT2D eigenvalue weighted by Crippen LogP contribution is -2.14. The van der Waals surface area contributed by atoms with Gasteiger partial charge >= 0.3 is 0 Å². The summed E-state index contributed by atoms with van der Waals surface area (Å²) in [6, 6.07) is 10.9. The van der Waals surface area contributed by atoms with Gasteiger partial charge in [0.1, 0.15) is 0 Å². The van der Waals surface area contributed by atoms with Crippen LogP contribution in [0.15, 0.2) is 41.1 Å². The molecule has 1 N–H and O–H groups in total. The quantitative estimate of drug-likeness (QED) is 0.855. The lowest BCUT2D eigenvalue weighted by atomic mass is 10.1. The first-order chi connectivity index (χ1) is 8.74. The number of benzene rings is 1. The molecule has 18 heavy (non-hydrogen) atoms. The third kappa shape index (κ3) is 4.17. The van der Waals surface area contributed by atoms with E-state index < -0.39 is 0 Å². The first-order valence-corrected chi connectivity index (χ1v) is 7.17. The van der Waals surface area contributed by atoms with Crippen LogP contribution in [0.4, 0.5) is 5.69 Å².